The first-order valence-electron chi connectivity index (χ1n) is 10.1. The second kappa shape index (κ2) is 10.0. The van der Waals surface area contributed by atoms with Gasteiger partial charge in [0.1, 0.15) is 0 Å². The van der Waals surface area contributed by atoms with Crippen LogP contribution in [0.15, 0.2) is 30.3 Å². The van der Waals surface area contributed by atoms with Crippen LogP contribution in [0.3, 0.4) is 0 Å². The van der Waals surface area contributed by atoms with Crippen LogP contribution in [0.4, 0.5) is 4.79 Å². The normalized spacial score (nSPS) is 23.1. The SMILES string of the molecule is CCCCNC(=O)N1CC(C(=O)N2CCSCC2)CC(c2ccccc2)C1. The Labute approximate surface area is 166 Å². The fourth-order valence-corrected chi connectivity index (χ4v) is 4.84. The molecule has 2 saturated heterocycles. The molecule has 0 radical (unpaired) electrons. The molecular weight excluding hydrogens is 358 g/mol. The van der Waals surface area contributed by atoms with Crippen LogP contribution in [0.25, 0.3) is 0 Å². The second-order valence-corrected chi connectivity index (χ2v) is 8.69. The molecule has 3 amide bonds. The van der Waals surface area contributed by atoms with Gasteiger partial charge in [0.05, 0.1) is 5.92 Å². The fraction of sp³-hybridized carbons (Fsp3) is 0.619. The van der Waals surface area contributed by atoms with Crippen LogP contribution in [0, 0.1) is 5.92 Å². The molecule has 2 unspecified atom stereocenters. The zero-order valence-corrected chi connectivity index (χ0v) is 17.0. The van der Waals surface area contributed by atoms with Crippen molar-refractivity contribution in [2.45, 2.75) is 32.1 Å². The van der Waals surface area contributed by atoms with Gasteiger partial charge in [-0.05, 0) is 18.4 Å². The molecular formula is C21H31N3O2S. The zero-order chi connectivity index (χ0) is 19.1. The van der Waals surface area contributed by atoms with Crippen molar-refractivity contribution in [2.75, 3.05) is 44.2 Å². The molecule has 3 rings (SSSR count). The van der Waals surface area contributed by atoms with E-state index >= 15 is 0 Å². The number of rotatable bonds is 5. The topological polar surface area (TPSA) is 52.7 Å². The Kier molecular flexibility index (Phi) is 7.44. The van der Waals surface area contributed by atoms with Crippen molar-refractivity contribution in [1.29, 1.82) is 0 Å². The Morgan fingerprint density at radius 1 is 1.11 bits per heavy atom. The lowest BCUT2D eigenvalue weighted by molar-refractivity contribution is -0.136. The summed E-state index contributed by atoms with van der Waals surface area (Å²) in [6.45, 7) is 5.69. The minimum atomic E-state index is -0.107. The van der Waals surface area contributed by atoms with E-state index in [0.29, 0.717) is 19.6 Å². The van der Waals surface area contributed by atoms with Crippen molar-refractivity contribution < 1.29 is 9.59 Å². The van der Waals surface area contributed by atoms with Gasteiger partial charge in [0.25, 0.3) is 0 Å². The summed E-state index contributed by atoms with van der Waals surface area (Å²) in [5.41, 5.74) is 1.22. The summed E-state index contributed by atoms with van der Waals surface area (Å²) in [6, 6.07) is 10.3. The Morgan fingerprint density at radius 2 is 1.85 bits per heavy atom. The van der Waals surface area contributed by atoms with E-state index in [0.717, 1.165) is 43.9 Å². The molecule has 2 fully saturated rings. The van der Waals surface area contributed by atoms with Gasteiger partial charge in [0, 0.05) is 50.1 Å². The summed E-state index contributed by atoms with van der Waals surface area (Å²) < 4.78 is 0. The molecule has 1 aromatic rings. The lowest BCUT2D eigenvalue weighted by Crippen LogP contribution is -2.52. The number of thioether (sulfide) groups is 1. The van der Waals surface area contributed by atoms with Crippen LogP contribution in [0.1, 0.15) is 37.7 Å². The first-order valence-corrected chi connectivity index (χ1v) is 11.3. The van der Waals surface area contributed by atoms with Gasteiger partial charge < -0.3 is 15.1 Å². The molecule has 148 valence electrons. The molecule has 1 N–H and O–H groups in total. The third-order valence-electron chi connectivity index (χ3n) is 5.49. The average Bonchev–Trinajstić information content (AvgIpc) is 2.74. The van der Waals surface area contributed by atoms with Crippen LogP contribution >= 0.6 is 11.8 Å². The fourth-order valence-electron chi connectivity index (χ4n) is 3.94. The average molecular weight is 390 g/mol. The summed E-state index contributed by atoms with van der Waals surface area (Å²) in [5.74, 6) is 2.36. The van der Waals surface area contributed by atoms with Crippen LogP contribution in [-0.2, 0) is 4.79 Å². The first kappa shape index (κ1) is 20.1. The molecule has 0 bridgehead atoms. The number of carbonyl (C=O) groups is 2. The number of nitrogens with zero attached hydrogens (tertiary/aromatic N) is 2. The molecule has 6 heteroatoms. The number of benzene rings is 1. The summed E-state index contributed by atoms with van der Waals surface area (Å²) in [5, 5.41) is 3.02. The van der Waals surface area contributed by atoms with Crippen LogP contribution in [-0.4, -0.2) is 66.0 Å². The van der Waals surface area contributed by atoms with Gasteiger partial charge in [-0.15, -0.1) is 0 Å². The molecule has 0 saturated carbocycles. The number of likely N-dealkylation sites (tertiary alicyclic amines) is 1. The number of hydrogen-bond acceptors (Lipinski definition) is 3. The molecule has 27 heavy (non-hydrogen) atoms. The minimum absolute atomic E-state index is 0.0314. The Balaban J connectivity index is 1.72. The lowest BCUT2D eigenvalue weighted by atomic mass is 9.84. The third-order valence-corrected chi connectivity index (χ3v) is 6.43. The van der Waals surface area contributed by atoms with Crippen molar-refractivity contribution in [2.24, 2.45) is 5.92 Å². The second-order valence-electron chi connectivity index (χ2n) is 7.47. The predicted octanol–water partition coefficient (Wildman–Crippen LogP) is 3.18. The van der Waals surface area contributed by atoms with E-state index in [1.54, 1.807) is 0 Å². The van der Waals surface area contributed by atoms with E-state index in [9.17, 15) is 9.59 Å². The largest absolute Gasteiger partial charge is 0.341 e. The van der Waals surface area contributed by atoms with E-state index in [2.05, 4.69) is 24.4 Å². The summed E-state index contributed by atoms with van der Waals surface area (Å²) in [6.07, 6.45) is 2.86. The molecule has 2 atom stereocenters. The Hall–Kier alpha value is -1.69. The summed E-state index contributed by atoms with van der Waals surface area (Å²) in [4.78, 5) is 29.7. The van der Waals surface area contributed by atoms with Crippen LogP contribution in [0.5, 0.6) is 0 Å². The van der Waals surface area contributed by atoms with Gasteiger partial charge in [0.15, 0.2) is 0 Å². The highest BCUT2D eigenvalue weighted by atomic mass is 32.2. The van der Waals surface area contributed by atoms with E-state index in [1.165, 1.54) is 5.56 Å². The molecule has 5 nitrogen and oxygen atoms in total. The molecule has 0 aromatic heterocycles. The molecule has 0 aliphatic carbocycles. The maximum absolute atomic E-state index is 13.1. The van der Waals surface area contributed by atoms with Gasteiger partial charge >= 0.3 is 6.03 Å². The quantitative estimate of drug-likeness (QED) is 0.787. The van der Waals surface area contributed by atoms with E-state index < -0.39 is 0 Å². The van der Waals surface area contributed by atoms with Crippen LogP contribution < -0.4 is 5.32 Å². The molecule has 2 aliphatic heterocycles. The third kappa shape index (κ3) is 5.41. The standard InChI is InChI=1S/C21H31N3O2S/c1-2-3-9-22-21(26)24-15-18(17-7-5-4-6-8-17)14-19(16-24)20(25)23-10-12-27-13-11-23/h4-8,18-19H,2-3,9-16H2,1H3,(H,22,26). The number of hydrogen-bond donors (Lipinski definition) is 1. The summed E-state index contributed by atoms with van der Waals surface area (Å²) >= 11 is 1.91. The predicted molar refractivity (Wildman–Crippen MR) is 111 cm³/mol. The Bertz CT molecular complexity index is 619. The van der Waals surface area contributed by atoms with Gasteiger partial charge in [-0.2, -0.15) is 11.8 Å². The van der Waals surface area contributed by atoms with E-state index in [1.807, 2.05) is 39.8 Å². The maximum atomic E-state index is 13.1. The minimum Gasteiger partial charge on any atom is -0.341 e. The number of amides is 3. The van der Waals surface area contributed by atoms with Gasteiger partial charge in [-0.1, -0.05) is 43.7 Å². The number of unbranched alkanes of at least 4 members (excludes halogenated alkanes) is 1. The van der Waals surface area contributed by atoms with Crippen molar-refractivity contribution in [3.8, 4) is 0 Å². The number of urea groups is 1. The lowest BCUT2D eigenvalue weighted by Gasteiger charge is -2.40. The van der Waals surface area contributed by atoms with Gasteiger partial charge in [0.2, 0.25) is 5.91 Å². The van der Waals surface area contributed by atoms with Crippen molar-refractivity contribution >= 4 is 23.7 Å². The first-order chi connectivity index (χ1) is 13.2. The van der Waals surface area contributed by atoms with Crippen molar-refractivity contribution in [3.63, 3.8) is 0 Å². The summed E-state index contributed by atoms with van der Waals surface area (Å²) in [7, 11) is 0. The molecule has 2 heterocycles. The zero-order valence-electron chi connectivity index (χ0n) is 16.2. The number of carbonyl (C=O) groups excluding carboxylic acids is 2. The highest BCUT2D eigenvalue weighted by molar-refractivity contribution is 7.99. The molecule has 0 spiro atoms. The van der Waals surface area contributed by atoms with Crippen molar-refractivity contribution in [1.82, 2.24) is 15.1 Å². The number of nitrogens with one attached hydrogen (secondary N) is 1. The smallest absolute Gasteiger partial charge is 0.317 e. The highest BCUT2D eigenvalue weighted by Crippen LogP contribution is 2.31. The van der Waals surface area contributed by atoms with E-state index in [-0.39, 0.29) is 23.8 Å². The van der Waals surface area contributed by atoms with Gasteiger partial charge in [-0.3, -0.25) is 4.79 Å². The molecule has 1 aromatic carbocycles. The van der Waals surface area contributed by atoms with Crippen molar-refractivity contribution in [3.05, 3.63) is 35.9 Å². The molecule has 2 aliphatic rings. The monoisotopic (exact) mass is 389 g/mol. The highest BCUT2D eigenvalue weighted by Gasteiger charge is 2.36. The van der Waals surface area contributed by atoms with E-state index in [4.69, 9.17) is 0 Å². The Morgan fingerprint density at radius 3 is 2.56 bits per heavy atom. The van der Waals surface area contributed by atoms with Gasteiger partial charge in [-0.25, -0.2) is 4.79 Å². The maximum Gasteiger partial charge on any atom is 0.317 e. The van der Waals surface area contributed by atoms with Crippen LogP contribution in [0.2, 0.25) is 0 Å². The number of piperidine rings is 1.